The molecule has 0 spiro atoms. The summed E-state index contributed by atoms with van der Waals surface area (Å²) in [5.41, 5.74) is 3.85. The van der Waals surface area contributed by atoms with Crippen LogP contribution in [-0.4, -0.2) is 28.7 Å². The molecular weight excluding hydrogens is 302 g/mol. The minimum absolute atomic E-state index is 0.0875. The van der Waals surface area contributed by atoms with Crippen molar-refractivity contribution >= 4 is 28.9 Å². The number of hydrogen-bond acceptors (Lipinski definition) is 4. The maximum Gasteiger partial charge on any atom is 0.277 e. The lowest BCUT2D eigenvalue weighted by Gasteiger charge is -2.06. The first kappa shape index (κ1) is 14.4. The van der Waals surface area contributed by atoms with Crippen LogP contribution >= 0.6 is 0 Å². The summed E-state index contributed by atoms with van der Waals surface area (Å²) in [6.45, 7) is 1.81. The number of amidine groups is 1. The average molecular weight is 317 g/mol. The van der Waals surface area contributed by atoms with E-state index in [1.54, 1.807) is 18.0 Å². The highest BCUT2D eigenvalue weighted by atomic mass is 16.3. The van der Waals surface area contributed by atoms with Crippen molar-refractivity contribution in [3.63, 3.8) is 0 Å². The number of aromatic nitrogens is 1. The van der Waals surface area contributed by atoms with Crippen molar-refractivity contribution in [2.45, 2.75) is 6.92 Å². The Kier molecular flexibility index (Phi) is 3.27. The third kappa shape index (κ3) is 2.40. The van der Waals surface area contributed by atoms with Crippen molar-refractivity contribution in [2.75, 3.05) is 7.05 Å². The molecule has 0 unspecified atom stereocenters. The van der Waals surface area contributed by atoms with Crippen molar-refractivity contribution in [3.05, 3.63) is 59.8 Å². The molecule has 5 heteroatoms. The summed E-state index contributed by atoms with van der Waals surface area (Å²) in [6.07, 6.45) is 1.78. The molecule has 0 bridgehead atoms. The zero-order valence-corrected chi connectivity index (χ0v) is 13.4. The van der Waals surface area contributed by atoms with E-state index in [4.69, 9.17) is 4.42 Å². The first-order valence-corrected chi connectivity index (χ1v) is 7.63. The number of nitrogens with zero attached hydrogens (tertiary/aromatic N) is 3. The van der Waals surface area contributed by atoms with E-state index in [1.807, 2.05) is 55.5 Å². The van der Waals surface area contributed by atoms with Crippen molar-refractivity contribution in [3.8, 4) is 11.5 Å². The Morgan fingerprint density at radius 3 is 2.50 bits per heavy atom. The molecule has 0 radical (unpaired) electrons. The number of carbonyl (C=O) groups is 1. The third-order valence-electron chi connectivity index (χ3n) is 4.05. The SMILES string of the molecule is CC1=N/C(=C/c2ccc(-c3nc4ccccc4o3)cc2)C(=O)N1C. The predicted octanol–water partition coefficient (Wildman–Crippen LogP) is 3.73. The van der Waals surface area contributed by atoms with Gasteiger partial charge < -0.3 is 4.42 Å². The standard InChI is InChI=1S/C19H15N3O2/c1-12-20-16(19(23)22(12)2)11-13-7-9-14(10-8-13)18-21-15-5-3-4-6-17(15)24-18/h3-11H,1-2H3/b16-11+. The lowest BCUT2D eigenvalue weighted by molar-refractivity contribution is -0.121. The fourth-order valence-corrected chi connectivity index (χ4v) is 2.59. The van der Waals surface area contributed by atoms with Crippen LogP contribution in [0, 0.1) is 0 Å². The number of aliphatic imine (C=N–C) groups is 1. The molecule has 118 valence electrons. The smallest absolute Gasteiger partial charge is 0.277 e. The number of likely N-dealkylation sites (N-methyl/N-ethyl adjacent to an activating group) is 1. The fraction of sp³-hybridized carbons (Fsp3) is 0.105. The number of oxazole rings is 1. The third-order valence-corrected chi connectivity index (χ3v) is 4.05. The molecule has 3 aromatic rings. The molecule has 1 aliphatic heterocycles. The van der Waals surface area contributed by atoms with Gasteiger partial charge in [0.1, 0.15) is 17.0 Å². The molecular formula is C19H15N3O2. The maximum atomic E-state index is 12.0. The number of amides is 1. The topological polar surface area (TPSA) is 58.7 Å². The summed E-state index contributed by atoms with van der Waals surface area (Å²) >= 11 is 0. The van der Waals surface area contributed by atoms with Gasteiger partial charge in [0.2, 0.25) is 5.89 Å². The molecule has 0 saturated carbocycles. The number of para-hydroxylation sites is 2. The molecule has 1 aromatic heterocycles. The van der Waals surface area contributed by atoms with Gasteiger partial charge >= 0.3 is 0 Å². The Hall–Kier alpha value is -3.21. The van der Waals surface area contributed by atoms with Crippen LogP contribution in [0.1, 0.15) is 12.5 Å². The van der Waals surface area contributed by atoms with Gasteiger partial charge in [-0.25, -0.2) is 9.98 Å². The normalized spacial score (nSPS) is 16.2. The van der Waals surface area contributed by atoms with Gasteiger partial charge in [-0.2, -0.15) is 0 Å². The summed E-state index contributed by atoms with van der Waals surface area (Å²) in [5.74, 6) is 1.20. The summed E-state index contributed by atoms with van der Waals surface area (Å²) < 4.78 is 5.76. The Morgan fingerprint density at radius 2 is 1.83 bits per heavy atom. The molecule has 0 fully saturated rings. The maximum absolute atomic E-state index is 12.0. The highest BCUT2D eigenvalue weighted by Crippen LogP contribution is 2.25. The second-order valence-electron chi connectivity index (χ2n) is 5.66. The van der Waals surface area contributed by atoms with Gasteiger partial charge in [-0.3, -0.25) is 9.69 Å². The minimum atomic E-state index is -0.0875. The summed E-state index contributed by atoms with van der Waals surface area (Å²) in [7, 11) is 1.72. The van der Waals surface area contributed by atoms with Gasteiger partial charge in [0.25, 0.3) is 5.91 Å². The number of carbonyl (C=O) groups excluding carboxylic acids is 1. The summed E-state index contributed by atoms with van der Waals surface area (Å²) in [4.78, 5) is 22.3. The first-order chi connectivity index (χ1) is 11.6. The van der Waals surface area contributed by atoms with Crippen molar-refractivity contribution in [1.82, 2.24) is 9.88 Å². The largest absolute Gasteiger partial charge is 0.436 e. The lowest BCUT2D eigenvalue weighted by atomic mass is 10.1. The molecule has 1 aliphatic rings. The van der Waals surface area contributed by atoms with Crippen molar-refractivity contribution < 1.29 is 9.21 Å². The number of rotatable bonds is 2. The molecule has 2 aromatic carbocycles. The van der Waals surface area contributed by atoms with E-state index in [0.29, 0.717) is 17.4 Å². The molecule has 0 atom stereocenters. The predicted molar refractivity (Wildman–Crippen MR) is 93.3 cm³/mol. The zero-order chi connectivity index (χ0) is 16.7. The van der Waals surface area contributed by atoms with Crippen LogP contribution in [0.25, 0.3) is 28.6 Å². The van der Waals surface area contributed by atoms with Gasteiger partial charge in [-0.05, 0) is 42.8 Å². The van der Waals surface area contributed by atoms with Crippen LogP contribution in [0.3, 0.4) is 0 Å². The second-order valence-corrected chi connectivity index (χ2v) is 5.66. The van der Waals surface area contributed by atoms with Crippen LogP contribution in [0.2, 0.25) is 0 Å². The monoisotopic (exact) mass is 317 g/mol. The van der Waals surface area contributed by atoms with E-state index in [9.17, 15) is 4.79 Å². The van der Waals surface area contributed by atoms with Gasteiger partial charge in [-0.1, -0.05) is 24.3 Å². The van der Waals surface area contributed by atoms with E-state index in [-0.39, 0.29) is 5.91 Å². The van der Waals surface area contributed by atoms with Crippen molar-refractivity contribution in [2.24, 2.45) is 4.99 Å². The number of benzene rings is 2. The van der Waals surface area contributed by atoms with Crippen molar-refractivity contribution in [1.29, 1.82) is 0 Å². The van der Waals surface area contributed by atoms with E-state index in [2.05, 4.69) is 9.98 Å². The summed E-state index contributed by atoms with van der Waals surface area (Å²) in [6, 6.07) is 15.4. The summed E-state index contributed by atoms with van der Waals surface area (Å²) in [5, 5.41) is 0. The minimum Gasteiger partial charge on any atom is -0.436 e. The average Bonchev–Trinajstić information content (AvgIpc) is 3.13. The Bertz CT molecular complexity index is 964. The van der Waals surface area contributed by atoms with E-state index in [1.165, 1.54) is 0 Å². The van der Waals surface area contributed by atoms with E-state index in [0.717, 1.165) is 22.2 Å². The quantitative estimate of drug-likeness (QED) is 0.677. The molecule has 1 amide bonds. The van der Waals surface area contributed by atoms with E-state index >= 15 is 0 Å². The fourth-order valence-electron chi connectivity index (χ4n) is 2.59. The Balaban J connectivity index is 1.64. The van der Waals surface area contributed by atoms with Gasteiger partial charge in [0.15, 0.2) is 5.58 Å². The lowest BCUT2D eigenvalue weighted by Crippen LogP contribution is -2.25. The molecule has 0 aliphatic carbocycles. The first-order valence-electron chi connectivity index (χ1n) is 7.63. The number of fused-ring (bicyclic) bond motifs is 1. The molecule has 5 nitrogen and oxygen atoms in total. The molecule has 0 N–H and O–H groups in total. The van der Waals surface area contributed by atoms with Gasteiger partial charge in [-0.15, -0.1) is 0 Å². The Labute approximate surface area is 138 Å². The number of hydrogen-bond donors (Lipinski definition) is 0. The second kappa shape index (κ2) is 5.45. The Morgan fingerprint density at radius 1 is 1.08 bits per heavy atom. The highest BCUT2D eigenvalue weighted by molar-refractivity contribution is 6.13. The molecule has 4 rings (SSSR count). The zero-order valence-electron chi connectivity index (χ0n) is 13.4. The van der Waals surface area contributed by atoms with Crippen LogP contribution in [-0.2, 0) is 4.79 Å². The highest BCUT2D eigenvalue weighted by Gasteiger charge is 2.23. The van der Waals surface area contributed by atoms with Crippen LogP contribution in [0.4, 0.5) is 0 Å². The van der Waals surface area contributed by atoms with Crippen LogP contribution in [0.5, 0.6) is 0 Å². The van der Waals surface area contributed by atoms with E-state index < -0.39 is 0 Å². The van der Waals surface area contributed by atoms with Gasteiger partial charge in [0.05, 0.1) is 0 Å². The molecule has 2 heterocycles. The molecule has 0 saturated heterocycles. The van der Waals surface area contributed by atoms with Crippen LogP contribution in [0.15, 0.2) is 63.6 Å². The van der Waals surface area contributed by atoms with Gasteiger partial charge in [0, 0.05) is 12.6 Å². The van der Waals surface area contributed by atoms with Crippen LogP contribution < -0.4 is 0 Å². The molecule has 24 heavy (non-hydrogen) atoms.